The number of ether oxygens (including phenoxy) is 3. The molecule has 2 aliphatic rings. The highest BCUT2D eigenvalue weighted by molar-refractivity contribution is 5.83. The van der Waals surface area contributed by atoms with Crippen LogP contribution in [0.25, 0.3) is 0 Å². The lowest BCUT2D eigenvalue weighted by Crippen LogP contribution is -2.47. The Morgan fingerprint density at radius 1 is 1.16 bits per heavy atom. The van der Waals surface area contributed by atoms with Crippen LogP contribution in [0.4, 0.5) is 19.0 Å². The summed E-state index contributed by atoms with van der Waals surface area (Å²) in [5.41, 5.74) is -2.43. The maximum Gasteiger partial charge on any atom is 0.425 e. The first-order valence-electron chi connectivity index (χ1n) is 12.0. The number of piperidine rings is 1. The van der Waals surface area contributed by atoms with Crippen LogP contribution in [-0.4, -0.2) is 84.2 Å². The van der Waals surface area contributed by atoms with E-state index < -0.39 is 35.3 Å². The number of methoxy groups -OCH3 is 1. The number of alkyl halides is 3. The van der Waals surface area contributed by atoms with Gasteiger partial charge in [-0.1, -0.05) is 0 Å². The Morgan fingerprint density at radius 3 is 2.55 bits per heavy atom. The average molecular weight is 537 g/mol. The second kappa shape index (κ2) is 11.8. The number of hydrogen-bond acceptors (Lipinski definition) is 9. The number of nitrogens with one attached hydrogen (secondary N) is 1. The molecule has 0 aliphatic carbocycles. The van der Waals surface area contributed by atoms with Crippen LogP contribution in [0.2, 0.25) is 0 Å². The number of anilines is 1. The van der Waals surface area contributed by atoms with Crippen LogP contribution in [0.3, 0.4) is 0 Å². The summed E-state index contributed by atoms with van der Waals surface area (Å²) in [4.78, 5) is 33.0. The average Bonchev–Trinajstić information content (AvgIpc) is 3.27. The van der Waals surface area contributed by atoms with Gasteiger partial charge >= 0.3 is 6.18 Å². The number of H-pyrrole nitrogens is 1. The van der Waals surface area contributed by atoms with Crippen molar-refractivity contribution in [2.45, 2.75) is 43.7 Å². The van der Waals surface area contributed by atoms with Gasteiger partial charge in [-0.25, -0.2) is 10.1 Å². The third kappa shape index (κ3) is 6.22. The normalized spacial score (nSPS) is 19.4. The monoisotopic (exact) mass is 536 g/mol. The molecule has 2 aliphatic heterocycles. The third-order valence-corrected chi connectivity index (χ3v) is 6.53. The molecule has 11 nitrogen and oxygen atoms in total. The van der Waals surface area contributed by atoms with Gasteiger partial charge in [0.15, 0.2) is 11.3 Å². The Labute approximate surface area is 216 Å². The standard InChI is InChI=1S/C24H27F3N6O5/c1-36-13-17(38-19-12-30-31-22(34)21(19)24(25,26)27)14-37-18-6-9-33(23(18)35)16-4-7-32(8-5-16)20-3-2-15(10-28)11-29-20/h2-3,11-12,16-18H,4-9,13-14H2,1H3,(H,31,34)/t17-,18-/m0/s1. The second-order valence-corrected chi connectivity index (χ2v) is 9.01. The van der Waals surface area contributed by atoms with Crippen LogP contribution in [0, 0.1) is 11.3 Å². The van der Waals surface area contributed by atoms with E-state index in [1.165, 1.54) is 13.3 Å². The number of likely N-dealkylation sites (tertiary alicyclic amines) is 1. The van der Waals surface area contributed by atoms with Crippen LogP contribution < -0.4 is 15.2 Å². The van der Waals surface area contributed by atoms with Gasteiger partial charge < -0.3 is 24.0 Å². The number of aromatic amines is 1. The highest BCUT2D eigenvalue weighted by atomic mass is 19.4. The van der Waals surface area contributed by atoms with Gasteiger partial charge in [0.05, 0.1) is 25.0 Å². The van der Waals surface area contributed by atoms with E-state index >= 15 is 0 Å². The minimum atomic E-state index is -4.95. The van der Waals surface area contributed by atoms with Gasteiger partial charge in [0.2, 0.25) is 0 Å². The smallest absolute Gasteiger partial charge is 0.425 e. The topological polar surface area (TPSA) is 134 Å². The van der Waals surface area contributed by atoms with Gasteiger partial charge in [0.25, 0.3) is 11.5 Å². The van der Waals surface area contributed by atoms with E-state index in [-0.39, 0.29) is 25.2 Å². The summed E-state index contributed by atoms with van der Waals surface area (Å²) in [6.07, 6.45) is -2.48. The summed E-state index contributed by atoms with van der Waals surface area (Å²) in [6, 6.07) is 5.61. The SMILES string of the molecule is COC[C@@H](CO[C@H]1CCN(C2CCN(c3ccc(C#N)cn3)CC2)C1=O)Oc1cn[nH]c(=O)c1C(F)(F)F. The number of carbonyl (C=O) groups excluding carboxylic acids is 1. The van der Waals surface area contributed by atoms with E-state index in [0.717, 1.165) is 24.9 Å². The summed E-state index contributed by atoms with van der Waals surface area (Å²) in [5.74, 6) is -0.135. The summed E-state index contributed by atoms with van der Waals surface area (Å²) in [7, 11) is 1.35. The summed E-state index contributed by atoms with van der Waals surface area (Å²) < 4.78 is 56.2. The van der Waals surface area contributed by atoms with Crippen molar-refractivity contribution in [3.63, 3.8) is 0 Å². The molecule has 0 saturated carbocycles. The highest BCUT2D eigenvalue weighted by Crippen LogP contribution is 2.33. The minimum Gasteiger partial charge on any atom is -0.483 e. The maximum atomic E-state index is 13.3. The summed E-state index contributed by atoms with van der Waals surface area (Å²) in [5, 5.41) is 14.1. The van der Waals surface area contributed by atoms with Crippen molar-refractivity contribution in [3.8, 4) is 11.8 Å². The molecule has 0 aromatic carbocycles. The number of nitriles is 1. The number of hydrogen-bond donors (Lipinski definition) is 1. The molecule has 2 atom stereocenters. The van der Waals surface area contributed by atoms with Crippen molar-refractivity contribution in [2.24, 2.45) is 0 Å². The van der Waals surface area contributed by atoms with Crippen LogP contribution in [0.15, 0.2) is 29.3 Å². The highest BCUT2D eigenvalue weighted by Gasteiger charge is 2.40. The Balaban J connectivity index is 1.32. The van der Waals surface area contributed by atoms with E-state index in [1.807, 2.05) is 12.1 Å². The summed E-state index contributed by atoms with van der Waals surface area (Å²) >= 11 is 0. The van der Waals surface area contributed by atoms with Gasteiger partial charge in [-0.3, -0.25) is 9.59 Å². The van der Waals surface area contributed by atoms with Gasteiger partial charge in [0.1, 0.15) is 24.1 Å². The number of rotatable bonds is 9. The number of halogens is 3. The molecule has 4 heterocycles. The first kappa shape index (κ1) is 27.3. The number of nitrogens with zero attached hydrogens (tertiary/aromatic N) is 5. The van der Waals surface area contributed by atoms with Crippen molar-refractivity contribution in [1.82, 2.24) is 20.1 Å². The summed E-state index contributed by atoms with van der Waals surface area (Å²) in [6.45, 7) is 1.57. The molecular formula is C24H27F3N6O5. The number of pyridine rings is 1. The quantitative estimate of drug-likeness (QED) is 0.509. The molecule has 4 rings (SSSR count). The molecular weight excluding hydrogens is 509 g/mol. The fourth-order valence-electron chi connectivity index (χ4n) is 4.68. The van der Waals surface area contributed by atoms with Gasteiger partial charge in [-0.15, -0.1) is 0 Å². The van der Waals surface area contributed by atoms with Crippen molar-refractivity contribution >= 4 is 11.7 Å². The van der Waals surface area contributed by atoms with E-state index in [2.05, 4.69) is 15.0 Å². The lowest BCUT2D eigenvalue weighted by Gasteiger charge is -2.37. The van der Waals surface area contributed by atoms with Crippen LogP contribution in [0.5, 0.6) is 5.75 Å². The zero-order valence-corrected chi connectivity index (χ0v) is 20.6. The Bertz CT molecular complexity index is 1210. The Hall–Kier alpha value is -3.70. The molecule has 0 bridgehead atoms. The number of amides is 1. The zero-order valence-electron chi connectivity index (χ0n) is 20.6. The van der Waals surface area contributed by atoms with Crippen LogP contribution >= 0.6 is 0 Å². The lowest BCUT2D eigenvalue weighted by molar-refractivity contribution is -0.142. The van der Waals surface area contributed by atoms with Crippen LogP contribution in [0.1, 0.15) is 30.4 Å². The van der Waals surface area contributed by atoms with E-state index in [0.29, 0.717) is 31.6 Å². The zero-order chi connectivity index (χ0) is 27.3. The molecule has 0 spiro atoms. The van der Waals surface area contributed by atoms with Gasteiger partial charge in [0, 0.05) is 45.4 Å². The van der Waals surface area contributed by atoms with Crippen molar-refractivity contribution in [2.75, 3.05) is 44.9 Å². The van der Waals surface area contributed by atoms with Crippen molar-refractivity contribution in [1.29, 1.82) is 5.26 Å². The van der Waals surface area contributed by atoms with E-state index in [4.69, 9.17) is 19.5 Å². The first-order valence-corrected chi connectivity index (χ1v) is 12.0. The fraction of sp³-hybridized carbons (Fsp3) is 0.542. The largest absolute Gasteiger partial charge is 0.483 e. The maximum absolute atomic E-state index is 13.3. The van der Waals surface area contributed by atoms with Crippen molar-refractivity contribution < 1.29 is 32.2 Å². The predicted molar refractivity (Wildman–Crippen MR) is 126 cm³/mol. The molecule has 204 valence electrons. The molecule has 2 saturated heterocycles. The first-order chi connectivity index (χ1) is 18.2. The second-order valence-electron chi connectivity index (χ2n) is 9.01. The number of aromatic nitrogens is 3. The minimum absolute atomic E-state index is 0.0354. The van der Waals surface area contributed by atoms with E-state index in [9.17, 15) is 22.8 Å². The van der Waals surface area contributed by atoms with Crippen LogP contribution in [-0.2, 0) is 20.4 Å². The van der Waals surface area contributed by atoms with Gasteiger partial charge in [-0.05, 0) is 25.0 Å². The molecule has 2 aromatic rings. The predicted octanol–water partition coefficient (Wildman–Crippen LogP) is 1.74. The molecule has 1 amide bonds. The fourth-order valence-corrected chi connectivity index (χ4v) is 4.68. The molecule has 38 heavy (non-hydrogen) atoms. The third-order valence-electron chi connectivity index (χ3n) is 6.53. The lowest BCUT2D eigenvalue weighted by atomic mass is 10.0. The van der Waals surface area contributed by atoms with Gasteiger partial charge in [-0.2, -0.15) is 23.5 Å². The van der Waals surface area contributed by atoms with Crippen molar-refractivity contribution in [3.05, 3.63) is 46.0 Å². The molecule has 14 heteroatoms. The molecule has 2 fully saturated rings. The number of carbonyl (C=O) groups is 1. The Morgan fingerprint density at radius 2 is 1.92 bits per heavy atom. The Kier molecular flexibility index (Phi) is 8.48. The molecule has 0 radical (unpaired) electrons. The molecule has 0 unspecified atom stereocenters. The molecule has 1 N–H and O–H groups in total. The van der Waals surface area contributed by atoms with E-state index in [1.54, 1.807) is 16.1 Å². The molecule has 2 aromatic heterocycles.